The molecule has 4 nitrogen and oxygen atoms in total. The van der Waals surface area contributed by atoms with E-state index >= 15 is 0 Å². The summed E-state index contributed by atoms with van der Waals surface area (Å²) in [6.45, 7) is 5.87. The maximum Gasteiger partial charge on any atom is 0.294 e. The van der Waals surface area contributed by atoms with E-state index in [-0.39, 0.29) is 0 Å². The molecular formula is C10H19N3OS. The van der Waals surface area contributed by atoms with E-state index in [1.54, 1.807) is 0 Å². The SMILES string of the molecule is CCCC(C)COc1nnc(CNC)s1. The van der Waals surface area contributed by atoms with E-state index in [2.05, 4.69) is 29.4 Å². The molecule has 0 radical (unpaired) electrons. The second-order valence-electron chi connectivity index (χ2n) is 3.70. The summed E-state index contributed by atoms with van der Waals surface area (Å²) in [7, 11) is 1.89. The van der Waals surface area contributed by atoms with Crippen molar-refractivity contribution in [1.29, 1.82) is 0 Å². The minimum Gasteiger partial charge on any atom is -0.469 e. The summed E-state index contributed by atoms with van der Waals surface area (Å²) < 4.78 is 5.56. The first kappa shape index (κ1) is 12.4. The third-order valence-corrected chi connectivity index (χ3v) is 2.88. The van der Waals surface area contributed by atoms with E-state index in [0.717, 1.165) is 18.2 Å². The minimum atomic E-state index is 0.589. The highest BCUT2D eigenvalue weighted by atomic mass is 32.1. The lowest BCUT2D eigenvalue weighted by atomic mass is 10.1. The molecule has 0 aromatic carbocycles. The van der Waals surface area contributed by atoms with Crippen LogP contribution < -0.4 is 10.1 Å². The van der Waals surface area contributed by atoms with E-state index in [1.165, 1.54) is 24.2 Å². The van der Waals surface area contributed by atoms with E-state index in [1.807, 2.05) is 7.05 Å². The quantitative estimate of drug-likeness (QED) is 0.777. The largest absolute Gasteiger partial charge is 0.469 e. The number of aromatic nitrogens is 2. The molecule has 1 N–H and O–H groups in total. The van der Waals surface area contributed by atoms with Crippen LogP contribution in [0.2, 0.25) is 0 Å². The van der Waals surface area contributed by atoms with Crippen molar-refractivity contribution in [2.24, 2.45) is 5.92 Å². The average Bonchev–Trinajstić information content (AvgIpc) is 2.64. The maximum absolute atomic E-state index is 5.56. The molecule has 0 saturated heterocycles. The molecule has 1 rings (SSSR count). The normalized spacial score (nSPS) is 12.7. The van der Waals surface area contributed by atoms with E-state index in [9.17, 15) is 0 Å². The fourth-order valence-corrected chi connectivity index (χ4v) is 2.02. The van der Waals surface area contributed by atoms with Gasteiger partial charge in [0, 0.05) is 6.54 Å². The first-order chi connectivity index (χ1) is 7.26. The van der Waals surface area contributed by atoms with Crippen molar-refractivity contribution in [3.63, 3.8) is 0 Å². The summed E-state index contributed by atoms with van der Waals surface area (Å²) in [5.41, 5.74) is 0. The number of nitrogens with zero attached hydrogens (tertiary/aromatic N) is 2. The average molecular weight is 229 g/mol. The van der Waals surface area contributed by atoms with Crippen LogP contribution in [0.15, 0.2) is 0 Å². The summed E-state index contributed by atoms with van der Waals surface area (Å²) in [5.74, 6) is 0.589. The molecule has 1 unspecified atom stereocenters. The Balaban J connectivity index is 2.30. The molecule has 0 amide bonds. The van der Waals surface area contributed by atoms with Crippen molar-refractivity contribution in [1.82, 2.24) is 15.5 Å². The molecule has 15 heavy (non-hydrogen) atoms. The fourth-order valence-electron chi connectivity index (χ4n) is 1.31. The van der Waals surface area contributed by atoms with Gasteiger partial charge >= 0.3 is 0 Å². The second kappa shape index (κ2) is 6.74. The van der Waals surface area contributed by atoms with Crippen LogP contribution in [0.5, 0.6) is 5.19 Å². The third-order valence-electron chi connectivity index (χ3n) is 2.05. The van der Waals surface area contributed by atoms with Crippen molar-refractivity contribution in [2.75, 3.05) is 13.7 Å². The standard InChI is InChI=1S/C10H19N3OS/c1-4-5-8(2)7-14-10-13-12-9(15-10)6-11-3/h8,11H,4-7H2,1-3H3. The summed E-state index contributed by atoms with van der Waals surface area (Å²) in [5, 5.41) is 12.7. The van der Waals surface area contributed by atoms with Crippen LogP contribution >= 0.6 is 11.3 Å². The Kier molecular flexibility index (Phi) is 5.57. The van der Waals surface area contributed by atoms with Crippen molar-refractivity contribution >= 4 is 11.3 Å². The number of rotatable bonds is 7. The Labute approximate surface area is 95.1 Å². The predicted octanol–water partition coefficient (Wildman–Crippen LogP) is 2.07. The summed E-state index contributed by atoms with van der Waals surface area (Å²) in [4.78, 5) is 0. The van der Waals surface area contributed by atoms with Crippen molar-refractivity contribution < 1.29 is 4.74 Å². The van der Waals surface area contributed by atoms with Gasteiger partial charge in [-0.05, 0) is 19.4 Å². The topological polar surface area (TPSA) is 47.0 Å². The van der Waals surface area contributed by atoms with Gasteiger partial charge in [-0.25, -0.2) is 0 Å². The van der Waals surface area contributed by atoms with Crippen molar-refractivity contribution in [2.45, 2.75) is 33.2 Å². The van der Waals surface area contributed by atoms with E-state index < -0.39 is 0 Å². The molecule has 5 heteroatoms. The molecule has 1 aromatic rings. The molecule has 86 valence electrons. The van der Waals surface area contributed by atoms with Gasteiger partial charge in [0.15, 0.2) is 0 Å². The number of hydrogen-bond donors (Lipinski definition) is 1. The summed E-state index contributed by atoms with van der Waals surface area (Å²) in [6, 6.07) is 0. The lowest BCUT2D eigenvalue weighted by Gasteiger charge is -2.08. The predicted molar refractivity (Wildman–Crippen MR) is 62.2 cm³/mol. The molecule has 1 aromatic heterocycles. The highest BCUT2D eigenvalue weighted by Gasteiger charge is 2.06. The van der Waals surface area contributed by atoms with Gasteiger partial charge in [-0.1, -0.05) is 31.6 Å². The Morgan fingerprint density at radius 3 is 2.93 bits per heavy atom. The number of nitrogens with one attached hydrogen (secondary N) is 1. The molecule has 0 fully saturated rings. The van der Waals surface area contributed by atoms with Gasteiger partial charge in [0.2, 0.25) is 0 Å². The van der Waals surface area contributed by atoms with Crippen LogP contribution in [-0.4, -0.2) is 23.9 Å². The van der Waals surface area contributed by atoms with Gasteiger partial charge in [0.1, 0.15) is 5.01 Å². The van der Waals surface area contributed by atoms with Gasteiger partial charge in [-0.2, -0.15) is 0 Å². The van der Waals surface area contributed by atoms with Crippen LogP contribution in [0.3, 0.4) is 0 Å². The van der Waals surface area contributed by atoms with Gasteiger partial charge in [-0.15, -0.1) is 10.2 Å². The fraction of sp³-hybridized carbons (Fsp3) is 0.800. The highest BCUT2D eigenvalue weighted by molar-refractivity contribution is 7.13. The molecule has 0 saturated carbocycles. The highest BCUT2D eigenvalue weighted by Crippen LogP contribution is 2.18. The van der Waals surface area contributed by atoms with Crippen LogP contribution in [0.4, 0.5) is 0 Å². The molecule has 0 spiro atoms. The number of ether oxygens (including phenoxy) is 1. The zero-order valence-electron chi connectivity index (χ0n) is 9.62. The monoisotopic (exact) mass is 229 g/mol. The maximum atomic E-state index is 5.56. The lowest BCUT2D eigenvalue weighted by Crippen LogP contribution is -2.07. The van der Waals surface area contributed by atoms with Crippen molar-refractivity contribution in [3.8, 4) is 5.19 Å². The van der Waals surface area contributed by atoms with Crippen LogP contribution in [0.1, 0.15) is 31.7 Å². The van der Waals surface area contributed by atoms with E-state index in [0.29, 0.717) is 11.1 Å². The number of hydrogen-bond acceptors (Lipinski definition) is 5. The first-order valence-corrected chi connectivity index (χ1v) is 6.17. The molecule has 1 heterocycles. The van der Waals surface area contributed by atoms with E-state index in [4.69, 9.17) is 4.74 Å². The molecule has 0 aliphatic carbocycles. The van der Waals surface area contributed by atoms with Crippen molar-refractivity contribution in [3.05, 3.63) is 5.01 Å². The summed E-state index contributed by atoms with van der Waals surface area (Å²) >= 11 is 1.51. The zero-order valence-corrected chi connectivity index (χ0v) is 10.4. The Morgan fingerprint density at radius 1 is 1.47 bits per heavy atom. The van der Waals surface area contributed by atoms with Crippen LogP contribution in [0, 0.1) is 5.92 Å². The Hall–Kier alpha value is -0.680. The smallest absolute Gasteiger partial charge is 0.294 e. The molecule has 0 aliphatic rings. The minimum absolute atomic E-state index is 0.589. The summed E-state index contributed by atoms with van der Waals surface area (Å²) in [6.07, 6.45) is 2.40. The first-order valence-electron chi connectivity index (χ1n) is 5.36. The van der Waals surface area contributed by atoms with Gasteiger partial charge in [0.05, 0.1) is 6.61 Å². The van der Waals surface area contributed by atoms with Crippen LogP contribution in [0.25, 0.3) is 0 Å². The van der Waals surface area contributed by atoms with Gasteiger partial charge in [-0.3, -0.25) is 0 Å². The second-order valence-corrected chi connectivity index (χ2v) is 4.72. The third kappa shape index (κ3) is 4.57. The molecule has 0 aliphatic heterocycles. The van der Waals surface area contributed by atoms with Crippen LogP contribution in [-0.2, 0) is 6.54 Å². The molecule has 0 bridgehead atoms. The Bertz CT molecular complexity index is 277. The zero-order chi connectivity index (χ0) is 11.1. The molecule has 1 atom stereocenters. The Morgan fingerprint density at radius 2 is 2.27 bits per heavy atom. The van der Waals surface area contributed by atoms with Gasteiger partial charge < -0.3 is 10.1 Å². The lowest BCUT2D eigenvalue weighted by molar-refractivity contribution is 0.249. The van der Waals surface area contributed by atoms with Gasteiger partial charge in [0.25, 0.3) is 5.19 Å². The molecular weight excluding hydrogens is 210 g/mol.